The number of amides is 1. The standard InChI is InChI=1S/C21H23N5O2/c1-13-11-26(12-14(2)28-13)21-5-3-4-17(25-21)18-7-6-15-10-23-16(9-20(22)27)8-19(15)24-18/h3-8,10,13-14H,9,11-12H2,1-2H3,(H2,22,27). The average molecular weight is 377 g/mol. The number of pyridine rings is 3. The topological polar surface area (TPSA) is 94.2 Å². The number of ether oxygens (including phenoxy) is 1. The Hall–Kier alpha value is -3.06. The molecule has 144 valence electrons. The third-order valence-electron chi connectivity index (χ3n) is 4.73. The summed E-state index contributed by atoms with van der Waals surface area (Å²) in [6.07, 6.45) is 2.15. The van der Waals surface area contributed by atoms with E-state index >= 15 is 0 Å². The number of aromatic nitrogens is 3. The van der Waals surface area contributed by atoms with E-state index in [1.807, 2.05) is 30.3 Å². The molecule has 2 N–H and O–H groups in total. The summed E-state index contributed by atoms with van der Waals surface area (Å²) in [5, 5.41) is 0.906. The zero-order chi connectivity index (χ0) is 19.7. The van der Waals surface area contributed by atoms with Crippen molar-refractivity contribution in [2.24, 2.45) is 5.73 Å². The first-order valence-corrected chi connectivity index (χ1v) is 9.40. The van der Waals surface area contributed by atoms with Crippen molar-refractivity contribution in [2.75, 3.05) is 18.0 Å². The molecule has 0 aliphatic carbocycles. The SMILES string of the molecule is CC1CN(c2cccc(-c3ccc4cnc(CC(N)=O)cc4n3)n2)CC(C)O1. The van der Waals surface area contributed by atoms with Gasteiger partial charge in [-0.25, -0.2) is 9.97 Å². The van der Waals surface area contributed by atoms with Gasteiger partial charge >= 0.3 is 0 Å². The molecule has 4 heterocycles. The number of morpholine rings is 1. The van der Waals surface area contributed by atoms with Crippen molar-refractivity contribution in [1.29, 1.82) is 0 Å². The second-order valence-electron chi connectivity index (χ2n) is 7.25. The lowest BCUT2D eigenvalue weighted by molar-refractivity contribution is -0.117. The highest BCUT2D eigenvalue weighted by Crippen LogP contribution is 2.24. The van der Waals surface area contributed by atoms with Crippen LogP contribution < -0.4 is 10.6 Å². The van der Waals surface area contributed by atoms with Crippen LogP contribution in [0.4, 0.5) is 5.82 Å². The molecule has 3 aromatic heterocycles. The van der Waals surface area contributed by atoms with Crippen molar-refractivity contribution in [1.82, 2.24) is 15.0 Å². The van der Waals surface area contributed by atoms with Crippen molar-refractivity contribution in [3.8, 4) is 11.4 Å². The Kier molecular flexibility index (Phi) is 4.92. The molecule has 3 aromatic rings. The summed E-state index contributed by atoms with van der Waals surface area (Å²) in [4.78, 5) is 27.2. The summed E-state index contributed by atoms with van der Waals surface area (Å²) in [7, 11) is 0. The van der Waals surface area contributed by atoms with Gasteiger partial charge < -0.3 is 15.4 Å². The number of carbonyl (C=O) groups excluding carboxylic acids is 1. The van der Waals surface area contributed by atoms with Crippen LogP contribution in [-0.2, 0) is 16.0 Å². The van der Waals surface area contributed by atoms with E-state index in [1.54, 1.807) is 12.3 Å². The second kappa shape index (κ2) is 7.52. The summed E-state index contributed by atoms with van der Waals surface area (Å²) >= 11 is 0. The van der Waals surface area contributed by atoms with Crippen LogP contribution in [0.15, 0.2) is 42.6 Å². The fraction of sp³-hybridized carbons (Fsp3) is 0.333. The predicted molar refractivity (Wildman–Crippen MR) is 108 cm³/mol. The van der Waals surface area contributed by atoms with E-state index in [0.717, 1.165) is 41.2 Å². The highest BCUT2D eigenvalue weighted by Gasteiger charge is 2.23. The van der Waals surface area contributed by atoms with Gasteiger partial charge in [-0.1, -0.05) is 6.07 Å². The maximum atomic E-state index is 11.2. The second-order valence-corrected chi connectivity index (χ2v) is 7.25. The number of carbonyl (C=O) groups is 1. The third kappa shape index (κ3) is 3.94. The van der Waals surface area contributed by atoms with E-state index < -0.39 is 5.91 Å². The van der Waals surface area contributed by atoms with Gasteiger partial charge in [-0.2, -0.15) is 0 Å². The Labute approximate surface area is 163 Å². The quantitative estimate of drug-likeness (QED) is 0.750. The monoisotopic (exact) mass is 377 g/mol. The largest absolute Gasteiger partial charge is 0.372 e. The Bertz CT molecular complexity index is 1010. The maximum Gasteiger partial charge on any atom is 0.223 e. The summed E-state index contributed by atoms with van der Waals surface area (Å²) in [6, 6.07) is 11.7. The van der Waals surface area contributed by atoms with Gasteiger partial charge in [0.15, 0.2) is 0 Å². The molecular weight excluding hydrogens is 354 g/mol. The van der Waals surface area contributed by atoms with Gasteiger partial charge in [0.05, 0.1) is 41.2 Å². The summed E-state index contributed by atoms with van der Waals surface area (Å²) in [6.45, 7) is 5.78. The molecule has 2 unspecified atom stereocenters. The Morgan fingerprint density at radius 1 is 1.14 bits per heavy atom. The molecule has 1 saturated heterocycles. The zero-order valence-corrected chi connectivity index (χ0v) is 16.0. The van der Waals surface area contributed by atoms with E-state index in [2.05, 4.69) is 23.7 Å². The first-order valence-electron chi connectivity index (χ1n) is 9.40. The van der Waals surface area contributed by atoms with Crippen molar-refractivity contribution < 1.29 is 9.53 Å². The molecule has 7 nitrogen and oxygen atoms in total. The molecule has 4 rings (SSSR count). The smallest absolute Gasteiger partial charge is 0.223 e. The lowest BCUT2D eigenvalue weighted by Crippen LogP contribution is -2.45. The Balaban J connectivity index is 1.66. The van der Waals surface area contributed by atoms with Gasteiger partial charge in [0.1, 0.15) is 5.82 Å². The fourth-order valence-electron chi connectivity index (χ4n) is 3.58. The van der Waals surface area contributed by atoms with Crippen molar-refractivity contribution in [2.45, 2.75) is 32.5 Å². The molecule has 2 atom stereocenters. The van der Waals surface area contributed by atoms with Crippen LogP contribution in [0.1, 0.15) is 19.5 Å². The number of fused-ring (bicyclic) bond motifs is 1. The molecule has 0 aromatic carbocycles. The van der Waals surface area contributed by atoms with Gasteiger partial charge in [0.2, 0.25) is 5.91 Å². The lowest BCUT2D eigenvalue weighted by Gasteiger charge is -2.36. The van der Waals surface area contributed by atoms with Crippen LogP contribution in [0.5, 0.6) is 0 Å². The van der Waals surface area contributed by atoms with Crippen LogP contribution in [0.25, 0.3) is 22.3 Å². The molecule has 0 bridgehead atoms. The van der Waals surface area contributed by atoms with Gasteiger partial charge in [-0.15, -0.1) is 0 Å². The number of nitrogens with zero attached hydrogens (tertiary/aromatic N) is 4. The molecule has 1 aliphatic rings. The molecule has 0 spiro atoms. The number of anilines is 1. The Morgan fingerprint density at radius 3 is 2.64 bits per heavy atom. The lowest BCUT2D eigenvalue weighted by atomic mass is 10.1. The first-order chi connectivity index (χ1) is 13.5. The van der Waals surface area contributed by atoms with Crippen LogP contribution >= 0.6 is 0 Å². The number of nitrogens with two attached hydrogens (primary N) is 1. The zero-order valence-electron chi connectivity index (χ0n) is 16.0. The van der Waals surface area contributed by atoms with Crippen LogP contribution in [0, 0.1) is 0 Å². The van der Waals surface area contributed by atoms with Crippen LogP contribution in [-0.4, -0.2) is 46.2 Å². The molecule has 1 amide bonds. The molecule has 1 aliphatic heterocycles. The molecule has 1 fully saturated rings. The van der Waals surface area contributed by atoms with E-state index in [4.69, 9.17) is 20.4 Å². The van der Waals surface area contributed by atoms with Gasteiger partial charge in [-0.3, -0.25) is 9.78 Å². The minimum Gasteiger partial charge on any atom is -0.372 e. The third-order valence-corrected chi connectivity index (χ3v) is 4.73. The highest BCUT2D eigenvalue weighted by molar-refractivity contribution is 5.82. The van der Waals surface area contributed by atoms with E-state index in [-0.39, 0.29) is 18.6 Å². The van der Waals surface area contributed by atoms with Crippen molar-refractivity contribution >= 4 is 22.6 Å². The number of hydrogen-bond acceptors (Lipinski definition) is 6. The highest BCUT2D eigenvalue weighted by atomic mass is 16.5. The predicted octanol–water partition coefficient (Wildman–Crippen LogP) is 2.33. The summed E-state index contributed by atoms with van der Waals surface area (Å²) < 4.78 is 5.82. The first kappa shape index (κ1) is 18.3. The average Bonchev–Trinajstić information content (AvgIpc) is 2.66. The molecular formula is C21H23N5O2. The molecule has 28 heavy (non-hydrogen) atoms. The molecule has 7 heteroatoms. The van der Waals surface area contributed by atoms with Crippen LogP contribution in [0.3, 0.4) is 0 Å². The van der Waals surface area contributed by atoms with Crippen LogP contribution in [0.2, 0.25) is 0 Å². The van der Waals surface area contributed by atoms with Gasteiger partial charge in [0, 0.05) is 24.7 Å². The van der Waals surface area contributed by atoms with E-state index in [9.17, 15) is 4.79 Å². The minimum atomic E-state index is -0.411. The number of primary amides is 1. The summed E-state index contributed by atoms with van der Waals surface area (Å²) in [5.74, 6) is 0.511. The van der Waals surface area contributed by atoms with Crippen molar-refractivity contribution in [3.05, 3.63) is 48.3 Å². The normalized spacial score (nSPS) is 19.7. The molecule has 0 saturated carbocycles. The number of hydrogen-bond donors (Lipinski definition) is 1. The maximum absolute atomic E-state index is 11.2. The van der Waals surface area contributed by atoms with Crippen molar-refractivity contribution in [3.63, 3.8) is 0 Å². The van der Waals surface area contributed by atoms with E-state index in [0.29, 0.717) is 5.69 Å². The summed E-state index contributed by atoms with van der Waals surface area (Å²) in [5.41, 5.74) is 8.24. The fourth-order valence-corrected chi connectivity index (χ4v) is 3.58. The molecule has 0 radical (unpaired) electrons. The van der Waals surface area contributed by atoms with E-state index in [1.165, 1.54) is 0 Å². The minimum absolute atomic E-state index is 0.100. The Morgan fingerprint density at radius 2 is 1.89 bits per heavy atom. The van der Waals surface area contributed by atoms with Gasteiger partial charge in [-0.05, 0) is 44.2 Å². The number of rotatable bonds is 4. The van der Waals surface area contributed by atoms with Gasteiger partial charge in [0.25, 0.3) is 0 Å².